The van der Waals surface area contributed by atoms with Gasteiger partial charge in [0.2, 0.25) is 0 Å². The van der Waals surface area contributed by atoms with Gasteiger partial charge in [0, 0.05) is 6.54 Å². The van der Waals surface area contributed by atoms with Crippen LogP contribution in [0.5, 0.6) is 5.75 Å². The molecule has 0 aromatic heterocycles. The summed E-state index contributed by atoms with van der Waals surface area (Å²) >= 11 is 0. The molecule has 0 bridgehead atoms. The number of amides is 1. The molecule has 1 amide bonds. The molecular formula is C17H27ClN2O2. The predicted octanol–water partition coefficient (Wildman–Crippen LogP) is 2.69. The van der Waals surface area contributed by atoms with Crippen LogP contribution in [0.25, 0.3) is 0 Å². The Balaban J connectivity index is 0.00000242. The summed E-state index contributed by atoms with van der Waals surface area (Å²) in [4.78, 5) is 12.2. The number of piperidine rings is 1. The van der Waals surface area contributed by atoms with Gasteiger partial charge in [0.1, 0.15) is 5.75 Å². The maximum atomic E-state index is 12.2. The Morgan fingerprint density at radius 3 is 2.73 bits per heavy atom. The number of hydrogen-bond acceptors (Lipinski definition) is 3. The molecule has 1 atom stereocenters. The van der Waals surface area contributed by atoms with Gasteiger partial charge in [-0.05, 0) is 62.9 Å². The maximum Gasteiger partial charge on any atom is 0.260 e. The zero-order valence-electron chi connectivity index (χ0n) is 13.6. The third kappa shape index (κ3) is 5.50. The maximum absolute atomic E-state index is 12.2. The molecule has 1 heterocycles. The van der Waals surface area contributed by atoms with Crippen LogP contribution in [0.1, 0.15) is 32.3 Å². The molecule has 2 N–H and O–H groups in total. The van der Waals surface area contributed by atoms with Crippen molar-refractivity contribution in [3.8, 4) is 5.75 Å². The molecule has 4 nitrogen and oxygen atoms in total. The summed E-state index contributed by atoms with van der Waals surface area (Å²) in [7, 11) is 0. The lowest BCUT2D eigenvalue weighted by Crippen LogP contribution is -2.45. The molecule has 1 unspecified atom stereocenters. The summed E-state index contributed by atoms with van der Waals surface area (Å²) in [5.41, 5.74) is 1.33. The molecule has 1 aromatic carbocycles. The van der Waals surface area contributed by atoms with Crippen molar-refractivity contribution in [3.05, 3.63) is 29.8 Å². The third-order valence-electron chi connectivity index (χ3n) is 4.17. The summed E-state index contributed by atoms with van der Waals surface area (Å²) < 4.78 is 5.71. The number of hydrogen-bond donors (Lipinski definition) is 2. The average Bonchev–Trinajstić information content (AvgIpc) is 2.45. The first-order chi connectivity index (χ1) is 9.98. The molecule has 1 aromatic rings. The Morgan fingerprint density at radius 1 is 1.41 bits per heavy atom. The van der Waals surface area contributed by atoms with E-state index < -0.39 is 6.10 Å². The molecular weight excluding hydrogens is 300 g/mol. The number of aryl methyl sites for hydroxylation is 1. The van der Waals surface area contributed by atoms with Crippen molar-refractivity contribution in [2.75, 3.05) is 19.6 Å². The minimum Gasteiger partial charge on any atom is -0.481 e. The topological polar surface area (TPSA) is 50.4 Å². The fraction of sp³-hybridized carbons (Fsp3) is 0.588. The third-order valence-corrected chi connectivity index (χ3v) is 4.17. The van der Waals surface area contributed by atoms with Crippen LogP contribution in [0, 0.1) is 12.3 Å². The molecule has 0 saturated carbocycles. The van der Waals surface area contributed by atoms with Crippen molar-refractivity contribution in [1.29, 1.82) is 0 Å². The summed E-state index contributed by atoms with van der Waals surface area (Å²) in [6.45, 7) is 8.82. The second kappa shape index (κ2) is 8.39. The predicted molar refractivity (Wildman–Crippen MR) is 91.7 cm³/mol. The highest BCUT2D eigenvalue weighted by Crippen LogP contribution is 2.26. The van der Waals surface area contributed by atoms with Gasteiger partial charge in [-0.1, -0.05) is 19.1 Å². The number of carbonyl (C=O) groups excluding carboxylic acids is 1. The van der Waals surface area contributed by atoms with Gasteiger partial charge in [-0.25, -0.2) is 0 Å². The van der Waals surface area contributed by atoms with Crippen LogP contribution < -0.4 is 15.4 Å². The highest BCUT2D eigenvalue weighted by molar-refractivity contribution is 5.85. The minimum atomic E-state index is -0.475. The lowest BCUT2D eigenvalue weighted by atomic mass is 9.81. The van der Waals surface area contributed by atoms with Crippen molar-refractivity contribution in [3.63, 3.8) is 0 Å². The fourth-order valence-corrected chi connectivity index (χ4v) is 2.60. The van der Waals surface area contributed by atoms with Gasteiger partial charge in [-0.15, -0.1) is 12.4 Å². The standard InChI is InChI=1S/C17H26N2O2.ClH/c1-13-5-4-6-15(11-13)21-14(2)16(20)19-12-17(3)7-9-18-10-8-17;/h4-6,11,14,18H,7-10,12H2,1-3H3,(H,19,20);1H. The van der Waals surface area contributed by atoms with Gasteiger partial charge in [-0.2, -0.15) is 0 Å². The zero-order valence-corrected chi connectivity index (χ0v) is 14.5. The first-order valence-corrected chi connectivity index (χ1v) is 7.70. The van der Waals surface area contributed by atoms with E-state index in [9.17, 15) is 4.79 Å². The van der Waals surface area contributed by atoms with E-state index in [1.165, 1.54) is 0 Å². The quantitative estimate of drug-likeness (QED) is 0.874. The molecule has 124 valence electrons. The summed E-state index contributed by atoms with van der Waals surface area (Å²) in [6.07, 6.45) is 1.72. The lowest BCUT2D eigenvalue weighted by molar-refractivity contribution is -0.127. The average molecular weight is 327 g/mol. The Kier molecular flexibility index (Phi) is 7.17. The van der Waals surface area contributed by atoms with Gasteiger partial charge in [0.25, 0.3) is 5.91 Å². The van der Waals surface area contributed by atoms with E-state index in [1.54, 1.807) is 6.92 Å². The molecule has 0 radical (unpaired) electrons. The first-order valence-electron chi connectivity index (χ1n) is 7.70. The lowest BCUT2D eigenvalue weighted by Gasteiger charge is -2.34. The van der Waals surface area contributed by atoms with Gasteiger partial charge in [0.15, 0.2) is 6.10 Å². The Hall–Kier alpha value is -1.26. The van der Waals surface area contributed by atoms with Gasteiger partial charge >= 0.3 is 0 Å². The Bertz CT molecular complexity index is 487. The van der Waals surface area contributed by atoms with E-state index in [2.05, 4.69) is 17.6 Å². The summed E-state index contributed by atoms with van der Waals surface area (Å²) in [5.74, 6) is 0.696. The molecule has 2 rings (SSSR count). The van der Waals surface area contributed by atoms with Crippen LogP contribution in [-0.2, 0) is 4.79 Å². The van der Waals surface area contributed by atoms with E-state index in [0.717, 1.165) is 43.8 Å². The molecule has 1 aliphatic rings. The second-order valence-corrected chi connectivity index (χ2v) is 6.36. The molecule has 1 fully saturated rings. The minimum absolute atomic E-state index is 0. The fourth-order valence-electron chi connectivity index (χ4n) is 2.60. The summed E-state index contributed by atoms with van der Waals surface area (Å²) in [6, 6.07) is 7.77. The van der Waals surface area contributed by atoms with E-state index in [4.69, 9.17) is 4.74 Å². The van der Waals surface area contributed by atoms with Crippen LogP contribution in [0.2, 0.25) is 0 Å². The van der Waals surface area contributed by atoms with Crippen LogP contribution in [0.4, 0.5) is 0 Å². The van der Waals surface area contributed by atoms with Gasteiger partial charge in [0.05, 0.1) is 0 Å². The van der Waals surface area contributed by atoms with Crippen molar-refractivity contribution < 1.29 is 9.53 Å². The number of rotatable bonds is 5. The highest BCUT2D eigenvalue weighted by atomic mass is 35.5. The normalized spacial score (nSPS) is 18.0. The Labute approximate surface area is 139 Å². The van der Waals surface area contributed by atoms with Crippen molar-refractivity contribution in [1.82, 2.24) is 10.6 Å². The molecule has 5 heteroatoms. The smallest absolute Gasteiger partial charge is 0.260 e. The van der Waals surface area contributed by atoms with Crippen LogP contribution in [0.15, 0.2) is 24.3 Å². The monoisotopic (exact) mass is 326 g/mol. The number of benzene rings is 1. The van der Waals surface area contributed by atoms with Crippen LogP contribution in [0.3, 0.4) is 0 Å². The highest BCUT2D eigenvalue weighted by Gasteiger charge is 2.28. The number of carbonyl (C=O) groups is 1. The molecule has 0 spiro atoms. The van der Waals surface area contributed by atoms with Crippen LogP contribution >= 0.6 is 12.4 Å². The van der Waals surface area contributed by atoms with Gasteiger partial charge < -0.3 is 15.4 Å². The molecule has 1 aliphatic heterocycles. The number of nitrogens with one attached hydrogen (secondary N) is 2. The van der Waals surface area contributed by atoms with Crippen LogP contribution in [-0.4, -0.2) is 31.6 Å². The Morgan fingerprint density at radius 2 is 2.09 bits per heavy atom. The number of halogens is 1. The van der Waals surface area contributed by atoms with E-state index in [0.29, 0.717) is 0 Å². The van der Waals surface area contributed by atoms with E-state index in [1.807, 2.05) is 31.2 Å². The molecule has 1 saturated heterocycles. The van der Waals surface area contributed by atoms with E-state index in [-0.39, 0.29) is 23.7 Å². The zero-order chi connectivity index (χ0) is 15.3. The van der Waals surface area contributed by atoms with Crippen molar-refractivity contribution in [2.45, 2.75) is 39.7 Å². The molecule has 0 aliphatic carbocycles. The SMILES string of the molecule is Cc1cccc(OC(C)C(=O)NCC2(C)CCNCC2)c1.Cl. The van der Waals surface area contributed by atoms with E-state index >= 15 is 0 Å². The first kappa shape index (κ1) is 18.8. The number of ether oxygens (including phenoxy) is 1. The van der Waals surface area contributed by atoms with Crippen molar-refractivity contribution in [2.24, 2.45) is 5.41 Å². The second-order valence-electron chi connectivity index (χ2n) is 6.36. The van der Waals surface area contributed by atoms with Crippen molar-refractivity contribution >= 4 is 18.3 Å². The largest absolute Gasteiger partial charge is 0.481 e. The molecule has 22 heavy (non-hydrogen) atoms. The summed E-state index contributed by atoms with van der Waals surface area (Å²) in [5, 5.41) is 6.39. The van der Waals surface area contributed by atoms with Gasteiger partial charge in [-0.3, -0.25) is 4.79 Å².